The number of nitrogens with one attached hydrogen (secondary N) is 1. The molecule has 3 aliphatic rings. The third kappa shape index (κ3) is 3.55. The Kier molecular flexibility index (Phi) is 4.72. The first-order chi connectivity index (χ1) is 12.2. The molecule has 132 valence electrons. The zero-order chi connectivity index (χ0) is 17.2. The van der Waals surface area contributed by atoms with Gasteiger partial charge in [-0.15, -0.1) is 11.3 Å². The van der Waals surface area contributed by atoms with Crippen molar-refractivity contribution >= 4 is 17.4 Å². The van der Waals surface area contributed by atoms with Crippen LogP contribution in [0, 0.1) is 11.7 Å². The highest BCUT2D eigenvalue weighted by Crippen LogP contribution is 2.31. The highest BCUT2D eigenvalue weighted by atomic mass is 32.1. The monoisotopic (exact) mass is 360 g/mol. The summed E-state index contributed by atoms with van der Waals surface area (Å²) in [6.45, 7) is 3.43. The molecule has 0 saturated carbocycles. The van der Waals surface area contributed by atoms with Crippen molar-refractivity contribution in [3.63, 3.8) is 0 Å². The summed E-state index contributed by atoms with van der Waals surface area (Å²) >= 11 is 1.51. The van der Waals surface area contributed by atoms with Gasteiger partial charge in [0.25, 0.3) is 0 Å². The van der Waals surface area contributed by atoms with Crippen LogP contribution in [-0.4, -0.2) is 36.7 Å². The number of benzene rings is 1. The van der Waals surface area contributed by atoms with Crippen molar-refractivity contribution in [1.29, 1.82) is 0 Å². The van der Waals surface area contributed by atoms with E-state index in [0.29, 0.717) is 18.0 Å². The maximum Gasteiger partial charge on any atom is 0.407 e. The van der Waals surface area contributed by atoms with Crippen molar-refractivity contribution in [2.45, 2.75) is 25.5 Å². The van der Waals surface area contributed by atoms with Crippen LogP contribution in [0.3, 0.4) is 0 Å². The fraction of sp³-hybridized carbons (Fsp3) is 0.421. The minimum Gasteiger partial charge on any atom is -0.445 e. The summed E-state index contributed by atoms with van der Waals surface area (Å²) in [6.07, 6.45) is 1.84. The molecule has 5 rings (SSSR count). The van der Waals surface area contributed by atoms with E-state index < -0.39 is 0 Å². The number of carbonyl (C=O) groups excluding carboxylic acids is 1. The summed E-state index contributed by atoms with van der Waals surface area (Å²) < 4.78 is 19.6. The van der Waals surface area contributed by atoms with Crippen LogP contribution in [0.15, 0.2) is 35.7 Å². The molecule has 1 amide bonds. The molecule has 1 aromatic carbocycles. The molecule has 2 aromatic rings. The number of hydrogen-bond acceptors (Lipinski definition) is 4. The van der Waals surface area contributed by atoms with Gasteiger partial charge >= 0.3 is 6.09 Å². The molecule has 2 bridgehead atoms. The highest BCUT2D eigenvalue weighted by molar-refractivity contribution is 7.10. The summed E-state index contributed by atoms with van der Waals surface area (Å²) in [4.78, 5) is 15.5. The van der Waals surface area contributed by atoms with Gasteiger partial charge in [-0.3, -0.25) is 4.90 Å². The summed E-state index contributed by atoms with van der Waals surface area (Å²) in [7, 11) is 0. The predicted molar refractivity (Wildman–Crippen MR) is 96.0 cm³/mol. The van der Waals surface area contributed by atoms with Crippen LogP contribution >= 0.6 is 11.3 Å². The van der Waals surface area contributed by atoms with Crippen LogP contribution in [-0.2, 0) is 11.3 Å². The Hall–Kier alpha value is -1.92. The van der Waals surface area contributed by atoms with Gasteiger partial charge in [-0.2, -0.15) is 0 Å². The first-order valence-corrected chi connectivity index (χ1v) is 9.57. The van der Waals surface area contributed by atoms with E-state index in [0.717, 1.165) is 42.9 Å². The second kappa shape index (κ2) is 7.14. The quantitative estimate of drug-likeness (QED) is 0.900. The molecule has 0 aliphatic carbocycles. The number of piperidine rings is 3. The molecule has 3 fully saturated rings. The van der Waals surface area contributed by atoms with E-state index in [4.69, 9.17) is 4.74 Å². The van der Waals surface area contributed by atoms with Gasteiger partial charge in [0.05, 0.1) is 6.54 Å². The van der Waals surface area contributed by atoms with Crippen LogP contribution in [0.4, 0.5) is 9.18 Å². The van der Waals surface area contributed by atoms with E-state index >= 15 is 0 Å². The normalized spacial score (nSPS) is 24.9. The third-order valence-corrected chi connectivity index (χ3v) is 6.08. The Balaban J connectivity index is 1.37. The van der Waals surface area contributed by atoms with Gasteiger partial charge in [0, 0.05) is 22.5 Å². The van der Waals surface area contributed by atoms with Gasteiger partial charge in [0.1, 0.15) is 11.9 Å². The van der Waals surface area contributed by atoms with Crippen molar-refractivity contribution in [2.75, 3.05) is 19.6 Å². The third-order valence-electron chi connectivity index (χ3n) is 5.16. The Morgan fingerprint density at radius 3 is 2.76 bits per heavy atom. The molecule has 25 heavy (non-hydrogen) atoms. The minimum absolute atomic E-state index is 0.00289. The zero-order valence-corrected chi connectivity index (χ0v) is 14.7. The van der Waals surface area contributed by atoms with Gasteiger partial charge in [-0.1, -0.05) is 18.2 Å². The Labute approximate surface area is 150 Å². The molecule has 4 heterocycles. The van der Waals surface area contributed by atoms with E-state index in [1.165, 1.54) is 17.4 Å². The maximum atomic E-state index is 14.0. The molecule has 1 unspecified atom stereocenters. The number of amides is 1. The number of rotatable bonds is 4. The molecular formula is C19H21FN2O2S. The number of halogens is 1. The van der Waals surface area contributed by atoms with Crippen LogP contribution in [0.1, 0.15) is 17.7 Å². The first kappa shape index (κ1) is 16.5. The van der Waals surface area contributed by atoms with Crippen molar-refractivity contribution in [2.24, 2.45) is 5.92 Å². The van der Waals surface area contributed by atoms with E-state index in [2.05, 4.69) is 10.2 Å². The van der Waals surface area contributed by atoms with E-state index in [1.54, 1.807) is 12.1 Å². The second-order valence-electron chi connectivity index (χ2n) is 6.67. The number of hydrogen-bond donors (Lipinski definition) is 1. The van der Waals surface area contributed by atoms with Crippen molar-refractivity contribution in [3.05, 3.63) is 46.4 Å². The van der Waals surface area contributed by atoms with Gasteiger partial charge < -0.3 is 10.1 Å². The predicted octanol–water partition coefficient (Wildman–Crippen LogP) is 3.87. The molecular weight excluding hydrogens is 339 g/mol. The molecule has 1 N–H and O–H groups in total. The maximum absolute atomic E-state index is 14.0. The van der Waals surface area contributed by atoms with Crippen LogP contribution in [0.2, 0.25) is 0 Å². The number of alkyl carbamates (subject to hydrolysis) is 1. The molecule has 0 radical (unpaired) electrons. The number of fused-ring (bicyclic) bond motifs is 3. The fourth-order valence-corrected chi connectivity index (χ4v) is 4.60. The van der Waals surface area contributed by atoms with E-state index in [1.807, 2.05) is 17.5 Å². The second-order valence-corrected chi connectivity index (χ2v) is 7.67. The molecule has 1 aromatic heterocycles. The number of thiophene rings is 1. The first-order valence-electron chi connectivity index (χ1n) is 8.69. The van der Waals surface area contributed by atoms with Gasteiger partial charge in [-0.25, -0.2) is 9.18 Å². The fourth-order valence-electron chi connectivity index (χ4n) is 3.77. The number of nitrogens with zero attached hydrogens (tertiary/aromatic N) is 1. The Morgan fingerprint density at radius 2 is 2.04 bits per heavy atom. The summed E-state index contributed by atoms with van der Waals surface area (Å²) in [5.74, 6) is 0.239. The molecule has 1 atom stereocenters. The Bertz CT molecular complexity index is 755. The minimum atomic E-state index is -0.383. The smallest absolute Gasteiger partial charge is 0.407 e. The number of ether oxygens (including phenoxy) is 1. The van der Waals surface area contributed by atoms with Crippen LogP contribution in [0.25, 0.3) is 11.1 Å². The lowest BCUT2D eigenvalue weighted by Gasteiger charge is -2.43. The van der Waals surface area contributed by atoms with Gasteiger partial charge in [0.2, 0.25) is 0 Å². The summed E-state index contributed by atoms with van der Waals surface area (Å²) in [6, 6.07) is 8.58. The van der Waals surface area contributed by atoms with Crippen LogP contribution < -0.4 is 5.32 Å². The lowest BCUT2D eigenvalue weighted by Crippen LogP contribution is -2.52. The topological polar surface area (TPSA) is 41.6 Å². The largest absolute Gasteiger partial charge is 0.445 e. The summed E-state index contributed by atoms with van der Waals surface area (Å²) in [5, 5.41) is 4.74. The Morgan fingerprint density at radius 1 is 1.24 bits per heavy atom. The summed E-state index contributed by atoms with van der Waals surface area (Å²) in [5.41, 5.74) is 1.39. The van der Waals surface area contributed by atoms with Crippen molar-refractivity contribution in [3.8, 4) is 11.1 Å². The molecule has 0 spiro atoms. The average molecular weight is 360 g/mol. The zero-order valence-electron chi connectivity index (χ0n) is 13.9. The van der Waals surface area contributed by atoms with E-state index in [9.17, 15) is 9.18 Å². The van der Waals surface area contributed by atoms with Gasteiger partial charge in [-0.05, 0) is 49.4 Å². The van der Waals surface area contributed by atoms with Crippen LogP contribution in [0.5, 0.6) is 0 Å². The van der Waals surface area contributed by atoms with E-state index in [-0.39, 0.29) is 18.0 Å². The highest BCUT2D eigenvalue weighted by Gasteiger charge is 2.36. The average Bonchev–Trinajstić information content (AvgIpc) is 3.10. The standard InChI is InChI=1S/C19H21FN2O2S/c20-16-4-2-1-3-14(16)15-7-10-25-18(15)11-21-19(23)24-17-12-22-8-5-13(17)6-9-22/h1-4,7,10,13,17H,5-6,8-9,11-12H2,(H,21,23). The van der Waals surface area contributed by atoms with Crippen molar-refractivity contribution < 1.29 is 13.9 Å². The number of carbonyl (C=O) groups is 1. The van der Waals surface area contributed by atoms with Crippen molar-refractivity contribution in [1.82, 2.24) is 10.2 Å². The van der Waals surface area contributed by atoms with Gasteiger partial charge in [0.15, 0.2) is 0 Å². The molecule has 3 saturated heterocycles. The lowest BCUT2D eigenvalue weighted by atomic mass is 9.86. The lowest BCUT2D eigenvalue weighted by molar-refractivity contribution is -0.0332. The SMILES string of the molecule is O=C(NCc1sccc1-c1ccccc1F)OC1CN2CCC1CC2. The molecule has 6 heteroatoms. The molecule has 3 aliphatic heterocycles. The molecule has 4 nitrogen and oxygen atoms in total.